The van der Waals surface area contributed by atoms with Crippen molar-refractivity contribution in [2.24, 2.45) is 5.92 Å². The first kappa shape index (κ1) is 14.5. The molecule has 20 heavy (non-hydrogen) atoms. The molecule has 7 heteroatoms. The van der Waals surface area contributed by atoms with E-state index in [9.17, 15) is 14.4 Å². The zero-order chi connectivity index (χ0) is 14.7. The van der Waals surface area contributed by atoms with Gasteiger partial charge in [-0.15, -0.1) is 0 Å². The van der Waals surface area contributed by atoms with Crippen LogP contribution in [0.5, 0.6) is 0 Å². The Morgan fingerprint density at radius 2 is 2.10 bits per heavy atom. The lowest BCUT2D eigenvalue weighted by Gasteiger charge is -2.17. The zero-order valence-corrected chi connectivity index (χ0v) is 11.1. The number of esters is 3. The van der Waals surface area contributed by atoms with Gasteiger partial charge < -0.3 is 18.9 Å². The van der Waals surface area contributed by atoms with Crippen molar-refractivity contribution in [3.63, 3.8) is 0 Å². The van der Waals surface area contributed by atoms with Crippen LogP contribution in [0.3, 0.4) is 0 Å². The van der Waals surface area contributed by atoms with Gasteiger partial charge in [0.15, 0.2) is 0 Å². The number of ether oxygens (including phenoxy) is 4. The van der Waals surface area contributed by atoms with Gasteiger partial charge in [-0.3, -0.25) is 4.79 Å². The van der Waals surface area contributed by atoms with Gasteiger partial charge in [0, 0.05) is 12.0 Å². The Hall–Kier alpha value is -1.89. The van der Waals surface area contributed by atoms with Crippen molar-refractivity contribution in [2.75, 3.05) is 13.2 Å². The van der Waals surface area contributed by atoms with Crippen molar-refractivity contribution < 1.29 is 33.3 Å². The highest BCUT2D eigenvalue weighted by Crippen LogP contribution is 2.23. The molecular weight excluding hydrogens is 268 g/mol. The molecule has 2 aliphatic heterocycles. The average molecular weight is 284 g/mol. The second-order valence-electron chi connectivity index (χ2n) is 4.72. The van der Waals surface area contributed by atoms with Gasteiger partial charge in [-0.05, 0) is 13.3 Å². The lowest BCUT2D eigenvalue weighted by Crippen LogP contribution is -2.36. The van der Waals surface area contributed by atoms with Crippen LogP contribution < -0.4 is 0 Å². The molecule has 2 rings (SSSR count). The fourth-order valence-electron chi connectivity index (χ4n) is 1.90. The minimum Gasteiger partial charge on any atom is -0.462 e. The molecule has 2 aliphatic rings. The lowest BCUT2D eigenvalue weighted by molar-refractivity contribution is -0.179. The van der Waals surface area contributed by atoms with E-state index in [-0.39, 0.29) is 12.2 Å². The van der Waals surface area contributed by atoms with Crippen LogP contribution in [-0.4, -0.2) is 43.5 Å². The number of hydrogen-bond donors (Lipinski definition) is 0. The molecule has 3 atom stereocenters. The van der Waals surface area contributed by atoms with E-state index in [1.165, 1.54) is 6.92 Å². The van der Waals surface area contributed by atoms with Crippen LogP contribution in [0.25, 0.3) is 0 Å². The monoisotopic (exact) mass is 284 g/mol. The first-order valence-corrected chi connectivity index (χ1v) is 6.34. The van der Waals surface area contributed by atoms with Crippen LogP contribution in [0.4, 0.5) is 0 Å². The van der Waals surface area contributed by atoms with Gasteiger partial charge in [0.25, 0.3) is 0 Å². The summed E-state index contributed by atoms with van der Waals surface area (Å²) in [6.07, 6.45) is -0.459. The van der Waals surface area contributed by atoms with Gasteiger partial charge in [0.05, 0.1) is 6.61 Å². The summed E-state index contributed by atoms with van der Waals surface area (Å²) in [7, 11) is 0. The van der Waals surface area contributed by atoms with E-state index >= 15 is 0 Å². The SMILES string of the molecule is C=C(C)C(=O)OC1C(=O)OCC1C(=O)OC1CCCO1. The fraction of sp³-hybridized carbons (Fsp3) is 0.615. The van der Waals surface area contributed by atoms with Crippen LogP contribution in [0.2, 0.25) is 0 Å². The highest BCUT2D eigenvalue weighted by molar-refractivity contribution is 5.92. The molecule has 0 aliphatic carbocycles. The van der Waals surface area contributed by atoms with E-state index in [0.29, 0.717) is 13.0 Å². The minimum atomic E-state index is -1.28. The van der Waals surface area contributed by atoms with E-state index in [4.69, 9.17) is 18.9 Å². The Morgan fingerprint density at radius 1 is 1.35 bits per heavy atom. The quantitative estimate of drug-likeness (QED) is 0.417. The highest BCUT2D eigenvalue weighted by atomic mass is 16.7. The van der Waals surface area contributed by atoms with Gasteiger partial charge in [-0.25, -0.2) is 9.59 Å². The molecule has 3 unspecified atom stereocenters. The molecule has 0 aromatic carbocycles. The summed E-state index contributed by atoms with van der Waals surface area (Å²) in [5.41, 5.74) is 0.135. The smallest absolute Gasteiger partial charge is 0.348 e. The third-order valence-corrected chi connectivity index (χ3v) is 3.02. The third-order valence-electron chi connectivity index (χ3n) is 3.02. The Bertz CT molecular complexity index is 436. The van der Waals surface area contributed by atoms with Crippen molar-refractivity contribution >= 4 is 17.9 Å². The van der Waals surface area contributed by atoms with Crippen LogP contribution >= 0.6 is 0 Å². The maximum Gasteiger partial charge on any atom is 0.348 e. The molecule has 0 N–H and O–H groups in total. The average Bonchev–Trinajstić information content (AvgIpc) is 3.00. The molecule has 2 heterocycles. The number of cyclic esters (lactones) is 1. The standard InChI is InChI=1S/C13H16O7/c1-7(2)11(14)20-10-8(6-18-13(10)16)12(15)19-9-4-3-5-17-9/h8-10H,1,3-6H2,2H3. The second kappa shape index (κ2) is 6.04. The molecule has 2 fully saturated rings. The molecule has 0 radical (unpaired) electrons. The Morgan fingerprint density at radius 3 is 2.70 bits per heavy atom. The maximum atomic E-state index is 12.0. The van der Waals surface area contributed by atoms with Gasteiger partial charge in [-0.1, -0.05) is 6.58 Å². The summed E-state index contributed by atoms with van der Waals surface area (Å²) in [5.74, 6) is -3.13. The summed E-state index contributed by atoms with van der Waals surface area (Å²) in [6.45, 7) is 5.22. The van der Waals surface area contributed by atoms with Gasteiger partial charge >= 0.3 is 17.9 Å². The lowest BCUT2D eigenvalue weighted by atomic mass is 10.1. The first-order valence-electron chi connectivity index (χ1n) is 6.34. The van der Waals surface area contributed by atoms with E-state index in [1.54, 1.807) is 0 Å². The summed E-state index contributed by atoms with van der Waals surface area (Å²) >= 11 is 0. The first-order chi connectivity index (χ1) is 9.49. The topological polar surface area (TPSA) is 88.1 Å². The number of hydrogen-bond acceptors (Lipinski definition) is 7. The summed E-state index contributed by atoms with van der Waals surface area (Å²) < 4.78 is 20.0. The Balaban J connectivity index is 1.97. The van der Waals surface area contributed by atoms with Crippen molar-refractivity contribution in [2.45, 2.75) is 32.2 Å². The molecular formula is C13H16O7. The van der Waals surface area contributed by atoms with Crippen molar-refractivity contribution in [1.29, 1.82) is 0 Å². The maximum absolute atomic E-state index is 12.0. The van der Waals surface area contributed by atoms with Gasteiger partial charge in [0.1, 0.15) is 12.5 Å². The van der Waals surface area contributed by atoms with Gasteiger partial charge in [0.2, 0.25) is 12.4 Å². The molecule has 7 nitrogen and oxygen atoms in total. The molecule has 110 valence electrons. The molecule has 0 spiro atoms. The van der Waals surface area contributed by atoms with Crippen LogP contribution in [0.1, 0.15) is 19.8 Å². The molecule has 0 aromatic heterocycles. The Labute approximate surface area is 115 Å². The summed E-state index contributed by atoms with van der Waals surface area (Å²) in [6, 6.07) is 0. The predicted molar refractivity (Wildman–Crippen MR) is 64.2 cm³/mol. The minimum absolute atomic E-state index is 0.135. The van der Waals surface area contributed by atoms with Crippen LogP contribution in [0.15, 0.2) is 12.2 Å². The molecule has 0 saturated carbocycles. The van der Waals surface area contributed by atoms with E-state index in [2.05, 4.69) is 6.58 Å². The van der Waals surface area contributed by atoms with Crippen molar-refractivity contribution in [3.8, 4) is 0 Å². The number of carbonyl (C=O) groups excluding carboxylic acids is 3. The van der Waals surface area contributed by atoms with Crippen LogP contribution in [0, 0.1) is 5.92 Å². The van der Waals surface area contributed by atoms with Crippen molar-refractivity contribution in [1.82, 2.24) is 0 Å². The zero-order valence-electron chi connectivity index (χ0n) is 11.1. The molecule has 2 saturated heterocycles. The van der Waals surface area contributed by atoms with E-state index in [1.807, 2.05) is 0 Å². The molecule has 0 amide bonds. The van der Waals surface area contributed by atoms with Crippen molar-refractivity contribution in [3.05, 3.63) is 12.2 Å². The fourth-order valence-corrected chi connectivity index (χ4v) is 1.90. The van der Waals surface area contributed by atoms with E-state index in [0.717, 1.165) is 6.42 Å². The van der Waals surface area contributed by atoms with Crippen LogP contribution in [-0.2, 0) is 33.3 Å². The van der Waals surface area contributed by atoms with Gasteiger partial charge in [-0.2, -0.15) is 0 Å². The number of rotatable bonds is 4. The Kier molecular flexibility index (Phi) is 4.39. The largest absolute Gasteiger partial charge is 0.462 e. The normalized spacial score (nSPS) is 28.9. The molecule has 0 bridgehead atoms. The summed E-state index contributed by atoms with van der Waals surface area (Å²) in [5, 5.41) is 0. The number of carbonyl (C=O) groups is 3. The highest BCUT2D eigenvalue weighted by Gasteiger charge is 2.46. The molecule has 0 aromatic rings. The summed E-state index contributed by atoms with van der Waals surface area (Å²) in [4.78, 5) is 34.9. The predicted octanol–water partition coefficient (Wildman–Crippen LogP) is 0.327. The third kappa shape index (κ3) is 3.16. The second-order valence-corrected chi connectivity index (χ2v) is 4.72. The van der Waals surface area contributed by atoms with E-state index < -0.39 is 36.2 Å².